The van der Waals surface area contributed by atoms with E-state index in [2.05, 4.69) is 20.6 Å². The molecular weight excluding hydrogens is 434 g/mol. The zero-order valence-electron chi connectivity index (χ0n) is 18.4. The van der Waals surface area contributed by atoms with Crippen molar-refractivity contribution in [3.8, 4) is 5.75 Å². The highest BCUT2D eigenvalue weighted by Crippen LogP contribution is 2.41. The van der Waals surface area contributed by atoms with E-state index in [4.69, 9.17) is 9.15 Å². The Balaban J connectivity index is 1.61. The number of urea groups is 1. The number of aliphatic hydroxyl groups excluding tert-OH is 2. The fourth-order valence-electron chi connectivity index (χ4n) is 3.74. The Morgan fingerprint density at radius 1 is 1.38 bits per heavy atom. The summed E-state index contributed by atoms with van der Waals surface area (Å²) in [6.07, 6.45) is 0.607. The van der Waals surface area contributed by atoms with Crippen LogP contribution in [0.3, 0.4) is 0 Å². The molecule has 3 aromatic rings. The zero-order chi connectivity index (χ0) is 23.0. The van der Waals surface area contributed by atoms with Crippen LogP contribution in [0.15, 0.2) is 22.6 Å². The highest BCUT2D eigenvalue weighted by molar-refractivity contribution is 7.16. The molecule has 0 bridgehead atoms. The molecule has 10 nitrogen and oxygen atoms in total. The Hall–Kier alpha value is -2.89. The Kier molecular flexibility index (Phi) is 5.97. The number of aliphatic hydroxyl groups is 2. The maximum atomic E-state index is 12.3. The minimum absolute atomic E-state index is 0.0355. The maximum Gasteiger partial charge on any atom is 0.321 e. The first-order valence-corrected chi connectivity index (χ1v) is 11.1. The van der Waals surface area contributed by atoms with Gasteiger partial charge in [-0.15, -0.1) is 0 Å². The molecule has 0 spiro atoms. The summed E-state index contributed by atoms with van der Waals surface area (Å²) in [5.74, 6) is 0.686. The third-order valence-corrected chi connectivity index (χ3v) is 6.49. The Bertz CT molecular complexity index is 1130. The maximum absolute atomic E-state index is 12.3. The first-order chi connectivity index (χ1) is 15.2. The fourth-order valence-corrected chi connectivity index (χ4v) is 4.81. The van der Waals surface area contributed by atoms with E-state index in [1.54, 1.807) is 33.1 Å². The molecule has 0 saturated heterocycles. The van der Waals surface area contributed by atoms with Gasteiger partial charge in [0.1, 0.15) is 11.3 Å². The smallest absolute Gasteiger partial charge is 0.321 e. The molecular formula is C21H27N5O5S. The number of hydrogen-bond donors (Lipinski definition) is 4. The van der Waals surface area contributed by atoms with Gasteiger partial charge >= 0.3 is 6.03 Å². The zero-order valence-corrected chi connectivity index (χ0v) is 19.2. The van der Waals surface area contributed by atoms with Gasteiger partial charge in [-0.1, -0.05) is 11.3 Å². The van der Waals surface area contributed by atoms with Crippen LogP contribution in [0.25, 0.3) is 11.1 Å². The van der Waals surface area contributed by atoms with E-state index >= 15 is 0 Å². The molecule has 0 aliphatic carbocycles. The van der Waals surface area contributed by atoms with Crippen molar-refractivity contribution in [3.05, 3.63) is 28.8 Å². The molecule has 32 heavy (non-hydrogen) atoms. The number of thiazole rings is 1. The summed E-state index contributed by atoms with van der Waals surface area (Å²) in [6, 6.07) is 4.94. The standard InChI is InChI=1S/C21H27N5O5S/c1-11-7-14-17(32-19(22-14)24-18(29)25-21(2,3)10-28)15(9-27)26(11)20-23-13-8-12(30-4)5-6-16(13)31-20/h5-6,8,11,15,27-28H,7,9-10H2,1-4H3,(H2,22,24,25,29)/t11-,15+/m1/s1. The molecule has 2 amide bonds. The van der Waals surface area contributed by atoms with Gasteiger partial charge in [-0.2, -0.15) is 4.98 Å². The number of methoxy groups -OCH3 is 1. The van der Waals surface area contributed by atoms with Crippen molar-refractivity contribution in [1.29, 1.82) is 0 Å². The minimum atomic E-state index is -0.754. The van der Waals surface area contributed by atoms with Crippen LogP contribution in [0.1, 0.15) is 37.4 Å². The normalized spacial score (nSPS) is 18.5. The average Bonchev–Trinajstić information content (AvgIpc) is 3.34. The lowest BCUT2D eigenvalue weighted by Gasteiger charge is -2.37. The number of fused-ring (bicyclic) bond motifs is 2. The van der Waals surface area contributed by atoms with Crippen molar-refractivity contribution in [1.82, 2.24) is 15.3 Å². The van der Waals surface area contributed by atoms with E-state index in [0.29, 0.717) is 34.4 Å². The van der Waals surface area contributed by atoms with E-state index in [9.17, 15) is 15.0 Å². The van der Waals surface area contributed by atoms with Crippen molar-refractivity contribution < 1.29 is 24.2 Å². The number of benzene rings is 1. The fraction of sp³-hybridized carbons (Fsp3) is 0.476. The summed E-state index contributed by atoms with van der Waals surface area (Å²) in [7, 11) is 1.60. The summed E-state index contributed by atoms with van der Waals surface area (Å²) < 4.78 is 11.3. The van der Waals surface area contributed by atoms with Crippen LogP contribution < -0.4 is 20.3 Å². The summed E-state index contributed by atoms with van der Waals surface area (Å²) in [5, 5.41) is 25.4. The molecule has 11 heteroatoms. The summed E-state index contributed by atoms with van der Waals surface area (Å²) in [6.45, 7) is 5.10. The molecule has 2 aromatic heterocycles. The number of carbonyl (C=O) groups is 1. The highest BCUT2D eigenvalue weighted by atomic mass is 32.1. The van der Waals surface area contributed by atoms with Crippen LogP contribution in [0.2, 0.25) is 0 Å². The number of anilines is 2. The number of carbonyl (C=O) groups excluding carboxylic acids is 1. The van der Waals surface area contributed by atoms with Crippen molar-refractivity contribution in [2.45, 2.75) is 44.8 Å². The van der Waals surface area contributed by atoms with Gasteiger partial charge in [-0.05, 0) is 32.9 Å². The van der Waals surface area contributed by atoms with Crippen molar-refractivity contribution in [3.63, 3.8) is 0 Å². The van der Waals surface area contributed by atoms with Crippen molar-refractivity contribution >= 4 is 39.6 Å². The second-order valence-electron chi connectivity index (χ2n) is 8.44. The van der Waals surface area contributed by atoms with Crippen LogP contribution in [-0.2, 0) is 6.42 Å². The number of amides is 2. The van der Waals surface area contributed by atoms with Crippen LogP contribution in [0.4, 0.5) is 15.9 Å². The first kappa shape index (κ1) is 22.3. The number of rotatable bonds is 6. The molecule has 1 aromatic carbocycles. The number of nitrogens with zero attached hydrogens (tertiary/aromatic N) is 3. The number of ether oxygens (including phenoxy) is 1. The Morgan fingerprint density at radius 3 is 2.84 bits per heavy atom. The monoisotopic (exact) mass is 461 g/mol. The summed E-state index contributed by atoms with van der Waals surface area (Å²) in [4.78, 5) is 24.3. The van der Waals surface area contributed by atoms with Gasteiger partial charge in [0.05, 0.1) is 42.5 Å². The summed E-state index contributed by atoms with van der Waals surface area (Å²) >= 11 is 1.31. The van der Waals surface area contributed by atoms with Gasteiger partial charge in [0.2, 0.25) is 0 Å². The van der Waals surface area contributed by atoms with Gasteiger partial charge in [0.25, 0.3) is 6.01 Å². The largest absolute Gasteiger partial charge is 0.497 e. The third-order valence-electron chi connectivity index (χ3n) is 5.37. The number of aromatic nitrogens is 2. The van der Waals surface area contributed by atoms with E-state index in [0.717, 1.165) is 10.6 Å². The predicted molar refractivity (Wildman–Crippen MR) is 121 cm³/mol. The van der Waals surface area contributed by atoms with E-state index in [1.165, 1.54) is 11.3 Å². The topological polar surface area (TPSA) is 133 Å². The van der Waals surface area contributed by atoms with Crippen molar-refractivity contribution in [2.75, 3.05) is 30.5 Å². The Labute approximate surface area is 189 Å². The highest BCUT2D eigenvalue weighted by Gasteiger charge is 2.37. The first-order valence-electron chi connectivity index (χ1n) is 10.3. The summed E-state index contributed by atoms with van der Waals surface area (Å²) in [5.41, 5.74) is 1.37. The molecule has 1 aliphatic rings. The van der Waals surface area contributed by atoms with Crippen LogP contribution in [0.5, 0.6) is 5.75 Å². The number of nitrogens with one attached hydrogen (secondary N) is 2. The Morgan fingerprint density at radius 2 is 2.16 bits per heavy atom. The van der Waals surface area contributed by atoms with Gasteiger partial charge in [0, 0.05) is 18.5 Å². The molecule has 0 fully saturated rings. The SMILES string of the molecule is COc1ccc2oc(N3[C@H](C)Cc4nc(NC(=O)NC(C)(C)CO)sc4[C@@H]3CO)nc2c1. The quantitative estimate of drug-likeness (QED) is 0.440. The van der Waals surface area contributed by atoms with Gasteiger partial charge in [0.15, 0.2) is 10.7 Å². The molecule has 1 aliphatic heterocycles. The van der Waals surface area contributed by atoms with Gasteiger partial charge in [-0.25, -0.2) is 9.78 Å². The lowest BCUT2D eigenvalue weighted by Crippen LogP contribution is -2.48. The second-order valence-corrected chi connectivity index (χ2v) is 9.47. The second kappa shape index (κ2) is 8.57. The average molecular weight is 462 g/mol. The van der Waals surface area contributed by atoms with Crippen molar-refractivity contribution in [2.24, 2.45) is 0 Å². The lowest BCUT2D eigenvalue weighted by atomic mass is 10.00. The molecule has 0 saturated carbocycles. The molecule has 0 unspecified atom stereocenters. The number of hydrogen-bond acceptors (Lipinski definition) is 9. The van der Waals surface area contributed by atoms with Gasteiger partial charge < -0.3 is 29.6 Å². The van der Waals surface area contributed by atoms with E-state index in [-0.39, 0.29) is 19.3 Å². The predicted octanol–water partition coefficient (Wildman–Crippen LogP) is 2.67. The molecule has 2 atom stereocenters. The lowest BCUT2D eigenvalue weighted by molar-refractivity contribution is 0.187. The molecule has 4 N–H and O–H groups in total. The van der Waals surface area contributed by atoms with E-state index < -0.39 is 17.6 Å². The molecule has 172 valence electrons. The van der Waals surface area contributed by atoms with Gasteiger partial charge in [-0.3, -0.25) is 5.32 Å². The van der Waals surface area contributed by atoms with Crippen LogP contribution in [-0.4, -0.2) is 58.1 Å². The molecule has 0 radical (unpaired) electrons. The van der Waals surface area contributed by atoms with Crippen LogP contribution in [0, 0.1) is 0 Å². The van der Waals surface area contributed by atoms with Crippen LogP contribution >= 0.6 is 11.3 Å². The number of oxazole rings is 1. The van der Waals surface area contributed by atoms with E-state index in [1.807, 2.05) is 17.9 Å². The third kappa shape index (κ3) is 4.23. The molecule has 3 heterocycles. The minimum Gasteiger partial charge on any atom is -0.497 e. The molecule has 4 rings (SSSR count).